The Morgan fingerprint density at radius 2 is 1.80 bits per heavy atom. The summed E-state index contributed by atoms with van der Waals surface area (Å²) in [6.45, 7) is 3.01. The fourth-order valence-corrected chi connectivity index (χ4v) is 2.75. The monoisotopic (exact) mass is 341 g/mol. The maximum atomic E-state index is 12.8. The van der Waals surface area contributed by atoms with Crippen molar-refractivity contribution >= 4 is 27.6 Å². The fourth-order valence-electron chi connectivity index (χ4n) is 2.46. The van der Waals surface area contributed by atoms with Crippen LogP contribution in [0, 0.1) is 11.7 Å². The average molecular weight is 342 g/mol. The lowest BCUT2D eigenvalue weighted by atomic mass is 9.89. The molecule has 0 N–H and O–H groups in total. The molecule has 0 spiro atoms. The topological polar surface area (TPSA) is 37.4 Å². The van der Waals surface area contributed by atoms with Gasteiger partial charge < -0.3 is 4.90 Å². The summed E-state index contributed by atoms with van der Waals surface area (Å²) in [6.07, 6.45) is 1.34. The van der Waals surface area contributed by atoms with E-state index in [-0.39, 0.29) is 28.3 Å². The van der Waals surface area contributed by atoms with Gasteiger partial charge in [-0.25, -0.2) is 4.39 Å². The van der Waals surface area contributed by atoms with Crippen LogP contribution in [0.3, 0.4) is 0 Å². The van der Waals surface area contributed by atoms with Crippen molar-refractivity contribution < 1.29 is 14.0 Å². The Labute approximate surface area is 126 Å². The second-order valence-electron chi connectivity index (χ2n) is 5.09. The Morgan fingerprint density at radius 3 is 2.30 bits per heavy atom. The van der Waals surface area contributed by atoms with Gasteiger partial charge in [-0.1, -0.05) is 15.9 Å². The van der Waals surface area contributed by atoms with E-state index in [9.17, 15) is 14.0 Å². The second kappa shape index (κ2) is 6.48. The van der Waals surface area contributed by atoms with Gasteiger partial charge in [0.05, 0.1) is 4.83 Å². The highest BCUT2D eigenvalue weighted by Gasteiger charge is 2.29. The highest BCUT2D eigenvalue weighted by Crippen LogP contribution is 2.23. The van der Waals surface area contributed by atoms with Crippen molar-refractivity contribution in [1.29, 1.82) is 0 Å². The van der Waals surface area contributed by atoms with Gasteiger partial charge in [0.1, 0.15) is 5.82 Å². The Morgan fingerprint density at radius 1 is 1.25 bits per heavy atom. The van der Waals surface area contributed by atoms with E-state index in [2.05, 4.69) is 15.9 Å². The fraction of sp³-hybridized carbons (Fsp3) is 0.467. The van der Waals surface area contributed by atoms with Crippen LogP contribution in [0.4, 0.5) is 4.39 Å². The number of halogens is 2. The Hall–Kier alpha value is -1.23. The van der Waals surface area contributed by atoms with Gasteiger partial charge in [-0.15, -0.1) is 0 Å². The minimum absolute atomic E-state index is 0.0454. The number of benzene rings is 1. The molecule has 1 aliphatic heterocycles. The molecule has 1 unspecified atom stereocenters. The summed E-state index contributed by atoms with van der Waals surface area (Å²) < 4.78 is 12.8. The number of likely N-dealkylation sites (tertiary alicyclic amines) is 1. The van der Waals surface area contributed by atoms with Gasteiger partial charge in [0.2, 0.25) is 5.91 Å². The van der Waals surface area contributed by atoms with Gasteiger partial charge in [0, 0.05) is 24.6 Å². The molecule has 0 radical (unpaired) electrons. The number of piperidine rings is 1. The number of nitrogens with zero attached hydrogens (tertiary/aromatic N) is 1. The second-order valence-corrected chi connectivity index (χ2v) is 6.46. The number of amides is 1. The highest BCUT2D eigenvalue weighted by atomic mass is 79.9. The average Bonchev–Trinajstić information content (AvgIpc) is 2.46. The van der Waals surface area contributed by atoms with Crippen molar-refractivity contribution in [2.75, 3.05) is 13.1 Å². The summed E-state index contributed by atoms with van der Waals surface area (Å²) in [5.41, 5.74) is 0.546. The van der Waals surface area contributed by atoms with Gasteiger partial charge in [-0.2, -0.15) is 0 Å². The molecule has 0 bridgehead atoms. The first-order valence-corrected chi connectivity index (χ1v) is 7.63. The Kier molecular flexibility index (Phi) is 4.91. The van der Waals surface area contributed by atoms with E-state index in [1.54, 1.807) is 11.8 Å². The number of carbonyl (C=O) groups excluding carboxylic acids is 2. The van der Waals surface area contributed by atoms with Crippen LogP contribution in [-0.2, 0) is 4.79 Å². The van der Waals surface area contributed by atoms with E-state index in [0.29, 0.717) is 31.5 Å². The van der Waals surface area contributed by atoms with Crippen molar-refractivity contribution in [1.82, 2.24) is 4.90 Å². The third kappa shape index (κ3) is 3.45. The molecule has 1 fully saturated rings. The highest BCUT2D eigenvalue weighted by molar-refractivity contribution is 9.10. The predicted octanol–water partition coefficient (Wildman–Crippen LogP) is 3.03. The zero-order chi connectivity index (χ0) is 14.7. The molecule has 2 rings (SSSR count). The van der Waals surface area contributed by atoms with Crippen molar-refractivity contribution in [3.8, 4) is 0 Å². The first-order valence-electron chi connectivity index (χ1n) is 6.71. The van der Waals surface area contributed by atoms with Crippen LogP contribution < -0.4 is 0 Å². The molecule has 1 saturated heterocycles. The third-order valence-corrected chi connectivity index (χ3v) is 4.04. The molecule has 1 aliphatic rings. The SMILES string of the molecule is CC(Br)C(=O)N1CCC(C(=O)c2ccc(F)cc2)CC1. The number of Topliss-reactive ketones (excluding diaryl/α,β-unsaturated/α-hetero) is 1. The van der Waals surface area contributed by atoms with Crippen LogP contribution in [0.1, 0.15) is 30.1 Å². The lowest BCUT2D eigenvalue weighted by molar-refractivity contribution is -0.131. The van der Waals surface area contributed by atoms with Crippen LogP contribution in [0.15, 0.2) is 24.3 Å². The number of alkyl halides is 1. The molecule has 3 nitrogen and oxygen atoms in total. The minimum atomic E-state index is -0.340. The lowest BCUT2D eigenvalue weighted by Gasteiger charge is -2.32. The number of hydrogen-bond acceptors (Lipinski definition) is 2. The van der Waals surface area contributed by atoms with Crippen molar-refractivity contribution in [3.63, 3.8) is 0 Å². The molecular weight excluding hydrogens is 325 g/mol. The maximum Gasteiger partial charge on any atom is 0.236 e. The number of carbonyl (C=O) groups is 2. The number of ketones is 1. The molecule has 0 aliphatic carbocycles. The van der Waals surface area contributed by atoms with E-state index in [1.165, 1.54) is 24.3 Å². The molecule has 1 aromatic rings. The summed E-state index contributed by atoms with van der Waals surface area (Å²) in [5, 5.41) is 0. The first-order chi connectivity index (χ1) is 9.49. The van der Waals surface area contributed by atoms with E-state index in [4.69, 9.17) is 0 Å². The molecule has 5 heteroatoms. The van der Waals surface area contributed by atoms with Crippen LogP contribution in [0.2, 0.25) is 0 Å². The maximum absolute atomic E-state index is 12.8. The normalized spacial score (nSPS) is 17.9. The first kappa shape index (κ1) is 15.2. The van der Waals surface area contributed by atoms with Crippen LogP contribution in [0.25, 0.3) is 0 Å². The van der Waals surface area contributed by atoms with Crippen LogP contribution >= 0.6 is 15.9 Å². The minimum Gasteiger partial charge on any atom is -0.342 e. The smallest absolute Gasteiger partial charge is 0.236 e. The molecule has 1 heterocycles. The van der Waals surface area contributed by atoms with Gasteiger partial charge >= 0.3 is 0 Å². The summed E-state index contributed by atoms with van der Waals surface area (Å²) in [6, 6.07) is 5.66. The predicted molar refractivity (Wildman–Crippen MR) is 78.4 cm³/mol. The van der Waals surface area contributed by atoms with E-state index >= 15 is 0 Å². The van der Waals surface area contributed by atoms with Crippen LogP contribution in [0.5, 0.6) is 0 Å². The summed E-state index contributed by atoms with van der Waals surface area (Å²) in [4.78, 5) is 25.7. The van der Waals surface area contributed by atoms with Crippen molar-refractivity contribution in [2.24, 2.45) is 5.92 Å². The zero-order valence-corrected chi connectivity index (χ0v) is 12.9. The molecule has 0 saturated carbocycles. The van der Waals surface area contributed by atoms with Crippen molar-refractivity contribution in [3.05, 3.63) is 35.6 Å². The van der Waals surface area contributed by atoms with Crippen molar-refractivity contribution in [2.45, 2.75) is 24.6 Å². The molecule has 0 aromatic heterocycles. The van der Waals surface area contributed by atoms with Gasteiger partial charge in [0.15, 0.2) is 5.78 Å². The van der Waals surface area contributed by atoms with E-state index in [1.807, 2.05) is 0 Å². The molecule has 1 amide bonds. The number of hydrogen-bond donors (Lipinski definition) is 0. The van der Waals surface area contributed by atoms with E-state index in [0.717, 1.165) is 0 Å². The lowest BCUT2D eigenvalue weighted by Crippen LogP contribution is -2.42. The largest absolute Gasteiger partial charge is 0.342 e. The third-order valence-electron chi connectivity index (χ3n) is 3.65. The summed E-state index contributed by atoms with van der Waals surface area (Å²) >= 11 is 3.27. The molecule has 1 aromatic carbocycles. The van der Waals surface area contributed by atoms with Gasteiger partial charge in [-0.3, -0.25) is 9.59 Å². The van der Waals surface area contributed by atoms with Crippen LogP contribution in [-0.4, -0.2) is 34.5 Å². The molecular formula is C15H17BrFNO2. The number of rotatable bonds is 3. The zero-order valence-electron chi connectivity index (χ0n) is 11.3. The standard InChI is InChI=1S/C15H17BrFNO2/c1-10(16)15(20)18-8-6-12(7-9-18)14(19)11-2-4-13(17)5-3-11/h2-5,10,12H,6-9H2,1H3. The Bertz CT molecular complexity index is 493. The van der Waals surface area contributed by atoms with E-state index < -0.39 is 0 Å². The van der Waals surface area contributed by atoms with Gasteiger partial charge in [-0.05, 0) is 44.0 Å². The van der Waals surface area contributed by atoms with Gasteiger partial charge in [0.25, 0.3) is 0 Å². The molecule has 1 atom stereocenters. The Balaban J connectivity index is 1.95. The quantitative estimate of drug-likeness (QED) is 0.626. The summed E-state index contributed by atoms with van der Waals surface area (Å²) in [7, 11) is 0. The summed E-state index contributed by atoms with van der Waals surface area (Å²) in [5.74, 6) is -0.301. The molecule has 20 heavy (non-hydrogen) atoms. The molecule has 108 valence electrons.